The molecule has 0 atom stereocenters. The molecule has 162 valence electrons. The third kappa shape index (κ3) is 5.42. The number of phenolic OH excluding ortho intramolecular Hbond substituents is 1. The lowest BCUT2D eigenvalue weighted by Gasteiger charge is -2.16. The molecule has 8 heteroatoms. The van der Waals surface area contributed by atoms with Gasteiger partial charge in [-0.25, -0.2) is 5.43 Å². The molecule has 3 rings (SSSR count). The van der Waals surface area contributed by atoms with E-state index in [4.69, 9.17) is 16.9 Å². The maximum absolute atomic E-state index is 12.5. The van der Waals surface area contributed by atoms with Gasteiger partial charge in [-0.1, -0.05) is 48.0 Å². The minimum atomic E-state index is -0.463. The van der Waals surface area contributed by atoms with Crippen molar-refractivity contribution in [3.05, 3.63) is 76.3 Å². The topological polar surface area (TPSA) is 106 Å². The molecule has 0 aliphatic heterocycles. The number of hydrazone groups is 1. The van der Waals surface area contributed by atoms with E-state index in [2.05, 4.69) is 10.5 Å². The molecule has 0 aromatic heterocycles. The summed E-state index contributed by atoms with van der Waals surface area (Å²) >= 11 is 5.84. The first kappa shape index (κ1) is 22.8. The number of benzene rings is 3. The molecule has 3 aromatic rings. The van der Waals surface area contributed by atoms with Gasteiger partial charge in [0.25, 0.3) is 5.91 Å². The number of halogens is 1. The van der Waals surface area contributed by atoms with Crippen molar-refractivity contribution in [3.63, 3.8) is 0 Å². The quantitative estimate of drug-likeness (QED) is 0.422. The molecule has 0 unspecified atom stereocenters. The van der Waals surface area contributed by atoms with Gasteiger partial charge in [-0.05, 0) is 34.5 Å². The third-order valence-electron chi connectivity index (χ3n) is 4.95. The third-order valence-corrected chi connectivity index (χ3v) is 5.26. The van der Waals surface area contributed by atoms with Crippen LogP contribution < -0.4 is 5.43 Å². The van der Waals surface area contributed by atoms with Crippen molar-refractivity contribution in [3.8, 4) is 11.8 Å². The highest BCUT2D eigenvalue weighted by molar-refractivity contribution is 6.32. The highest BCUT2D eigenvalue weighted by Crippen LogP contribution is 2.24. The molecule has 7 nitrogen and oxygen atoms in total. The average Bonchev–Trinajstić information content (AvgIpc) is 2.80. The monoisotopic (exact) mass is 448 g/mol. The molecule has 32 heavy (non-hydrogen) atoms. The Kier molecular flexibility index (Phi) is 7.42. The second-order valence-electron chi connectivity index (χ2n) is 7.12. The summed E-state index contributed by atoms with van der Waals surface area (Å²) in [7, 11) is 1.69. The van der Waals surface area contributed by atoms with Gasteiger partial charge in [-0.2, -0.15) is 10.4 Å². The predicted octanol–water partition coefficient (Wildman–Crippen LogP) is 3.88. The summed E-state index contributed by atoms with van der Waals surface area (Å²) in [5.41, 5.74) is 4.36. The van der Waals surface area contributed by atoms with E-state index in [0.29, 0.717) is 13.0 Å². The number of carbonyl (C=O) groups is 2. The SMILES string of the molecule is CN(CCC#N)C(=O)Cc1ccc(/C=N/NC(=O)c2ccc(O)c(Cl)c2)c2ccccc12. The Labute approximate surface area is 190 Å². The summed E-state index contributed by atoms with van der Waals surface area (Å²) in [6.45, 7) is 0.393. The zero-order valence-corrected chi connectivity index (χ0v) is 18.1. The summed E-state index contributed by atoms with van der Waals surface area (Å²) in [4.78, 5) is 26.3. The van der Waals surface area contributed by atoms with Gasteiger partial charge in [0.15, 0.2) is 0 Å². The Morgan fingerprint density at radius 3 is 2.66 bits per heavy atom. The van der Waals surface area contributed by atoms with E-state index < -0.39 is 5.91 Å². The lowest BCUT2D eigenvalue weighted by atomic mass is 9.98. The molecule has 0 aliphatic carbocycles. The number of amides is 2. The number of rotatable bonds is 7. The van der Waals surface area contributed by atoms with Crippen molar-refractivity contribution in [2.45, 2.75) is 12.8 Å². The lowest BCUT2D eigenvalue weighted by molar-refractivity contribution is -0.129. The summed E-state index contributed by atoms with van der Waals surface area (Å²) < 4.78 is 0. The van der Waals surface area contributed by atoms with Gasteiger partial charge in [0.1, 0.15) is 5.75 Å². The number of fused-ring (bicyclic) bond motifs is 1. The van der Waals surface area contributed by atoms with Crippen LogP contribution in [0.25, 0.3) is 10.8 Å². The zero-order valence-electron chi connectivity index (χ0n) is 17.4. The van der Waals surface area contributed by atoms with Gasteiger partial charge >= 0.3 is 0 Å². The van der Waals surface area contributed by atoms with Crippen molar-refractivity contribution < 1.29 is 14.7 Å². The maximum Gasteiger partial charge on any atom is 0.271 e. The van der Waals surface area contributed by atoms with E-state index in [9.17, 15) is 14.7 Å². The number of nitrogens with zero attached hydrogens (tertiary/aromatic N) is 3. The number of hydrogen-bond acceptors (Lipinski definition) is 5. The van der Waals surface area contributed by atoms with Crippen LogP contribution in [-0.2, 0) is 11.2 Å². The maximum atomic E-state index is 12.5. The molecular weight excluding hydrogens is 428 g/mol. The predicted molar refractivity (Wildman–Crippen MR) is 124 cm³/mol. The molecule has 2 amide bonds. The molecule has 0 fully saturated rings. The summed E-state index contributed by atoms with van der Waals surface area (Å²) in [6, 6.07) is 17.5. The largest absolute Gasteiger partial charge is 0.506 e. The molecule has 0 heterocycles. The van der Waals surface area contributed by atoms with Gasteiger partial charge in [-0.3, -0.25) is 9.59 Å². The van der Waals surface area contributed by atoms with Crippen LogP contribution in [0.1, 0.15) is 27.9 Å². The minimum Gasteiger partial charge on any atom is -0.506 e. The van der Waals surface area contributed by atoms with Gasteiger partial charge < -0.3 is 10.0 Å². The normalized spacial score (nSPS) is 10.8. The molecule has 2 N–H and O–H groups in total. The molecule has 3 aromatic carbocycles. The van der Waals surface area contributed by atoms with E-state index in [0.717, 1.165) is 21.9 Å². The van der Waals surface area contributed by atoms with E-state index in [1.807, 2.05) is 42.5 Å². The highest BCUT2D eigenvalue weighted by Gasteiger charge is 2.13. The van der Waals surface area contributed by atoms with Crippen molar-refractivity contribution in [1.29, 1.82) is 5.26 Å². The number of nitriles is 1. The number of carbonyl (C=O) groups excluding carboxylic acids is 2. The number of nitrogens with one attached hydrogen (secondary N) is 1. The molecule has 0 bridgehead atoms. The van der Waals surface area contributed by atoms with Crippen molar-refractivity contribution >= 4 is 40.4 Å². The van der Waals surface area contributed by atoms with Crippen LogP contribution in [0.2, 0.25) is 5.02 Å². The number of phenols is 1. The van der Waals surface area contributed by atoms with Crippen molar-refractivity contribution in [1.82, 2.24) is 10.3 Å². The van der Waals surface area contributed by atoms with Crippen LogP contribution in [0.3, 0.4) is 0 Å². The van der Waals surface area contributed by atoms with Crippen LogP contribution >= 0.6 is 11.6 Å². The van der Waals surface area contributed by atoms with Gasteiger partial charge in [0, 0.05) is 24.7 Å². The van der Waals surface area contributed by atoms with E-state index in [1.54, 1.807) is 11.9 Å². The van der Waals surface area contributed by atoms with Gasteiger partial charge in [0.2, 0.25) is 5.91 Å². The number of likely N-dealkylation sites (N-methyl/N-ethyl adjacent to an activating group) is 1. The molecule has 0 aliphatic rings. The van der Waals surface area contributed by atoms with Crippen molar-refractivity contribution in [2.24, 2.45) is 5.10 Å². The fourth-order valence-electron chi connectivity index (χ4n) is 3.16. The van der Waals surface area contributed by atoms with Gasteiger partial charge in [0.05, 0.1) is 30.1 Å². The van der Waals surface area contributed by atoms with E-state index in [-0.39, 0.29) is 28.7 Å². The van der Waals surface area contributed by atoms with Crippen LogP contribution in [0.5, 0.6) is 5.75 Å². The molecular formula is C24H21ClN4O3. The number of hydrogen-bond donors (Lipinski definition) is 2. The van der Waals surface area contributed by atoms with Crippen LogP contribution in [0.15, 0.2) is 59.7 Å². The minimum absolute atomic E-state index is 0.0633. The Morgan fingerprint density at radius 2 is 1.94 bits per heavy atom. The Morgan fingerprint density at radius 1 is 1.19 bits per heavy atom. The first-order chi connectivity index (χ1) is 15.4. The Hall–Kier alpha value is -3.89. The van der Waals surface area contributed by atoms with E-state index >= 15 is 0 Å². The molecule has 0 saturated carbocycles. The van der Waals surface area contributed by atoms with Crippen LogP contribution in [0.4, 0.5) is 0 Å². The summed E-state index contributed by atoms with van der Waals surface area (Å²) in [5, 5.41) is 24.1. The van der Waals surface area contributed by atoms with Crippen LogP contribution in [0, 0.1) is 11.3 Å². The van der Waals surface area contributed by atoms with Crippen molar-refractivity contribution in [2.75, 3.05) is 13.6 Å². The standard InChI is InChI=1S/C24H21ClN4O3/c1-29(12-4-11-26)23(31)14-16-7-8-18(20-6-3-2-5-19(16)20)15-27-28-24(32)17-9-10-22(30)21(25)13-17/h2-3,5-10,13,15,30H,4,12,14H2,1H3,(H,28,32)/b27-15+. The first-order valence-corrected chi connectivity index (χ1v) is 10.2. The molecule has 0 saturated heterocycles. The average molecular weight is 449 g/mol. The van der Waals surface area contributed by atoms with Crippen LogP contribution in [-0.4, -0.2) is 41.6 Å². The second kappa shape index (κ2) is 10.4. The van der Waals surface area contributed by atoms with E-state index in [1.165, 1.54) is 24.4 Å². The highest BCUT2D eigenvalue weighted by atomic mass is 35.5. The Bertz CT molecular complexity index is 1230. The number of aromatic hydroxyl groups is 1. The lowest BCUT2D eigenvalue weighted by Crippen LogP contribution is -2.29. The fraction of sp³-hybridized carbons (Fsp3) is 0.167. The second-order valence-corrected chi connectivity index (χ2v) is 7.53. The zero-order chi connectivity index (χ0) is 23.1. The molecule has 0 radical (unpaired) electrons. The molecule has 0 spiro atoms. The Balaban J connectivity index is 1.77. The van der Waals surface area contributed by atoms with Gasteiger partial charge in [-0.15, -0.1) is 0 Å². The first-order valence-electron chi connectivity index (χ1n) is 9.84. The summed E-state index contributed by atoms with van der Waals surface area (Å²) in [5.74, 6) is -0.630. The fourth-order valence-corrected chi connectivity index (χ4v) is 3.35. The smallest absolute Gasteiger partial charge is 0.271 e. The summed E-state index contributed by atoms with van der Waals surface area (Å²) in [6.07, 6.45) is 2.05.